The molecule has 8 heteroatoms. The Bertz CT molecular complexity index is 1200. The third kappa shape index (κ3) is 4.97. The highest BCUT2D eigenvalue weighted by Gasteiger charge is 2.18. The fourth-order valence-electron chi connectivity index (χ4n) is 3.44. The number of fused-ring (bicyclic) bond motifs is 1. The first-order chi connectivity index (χ1) is 15.0. The summed E-state index contributed by atoms with van der Waals surface area (Å²) in [5, 5.41) is 16.3. The number of rotatable bonds is 8. The Morgan fingerprint density at radius 3 is 2.61 bits per heavy atom. The lowest BCUT2D eigenvalue weighted by molar-refractivity contribution is 0.0680. The van der Waals surface area contributed by atoms with Gasteiger partial charge in [0.05, 0.1) is 17.6 Å². The second-order valence-corrected chi connectivity index (χ2v) is 7.27. The molecule has 0 aliphatic rings. The third-order valence-corrected chi connectivity index (χ3v) is 5.00. The van der Waals surface area contributed by atoms with Crippen LogP contribution in [0.4, 0.5) is 0 Å². The number of aromatic amines is 1. The molecule has 1 heterocycles. The number of hydrogen-bond acceptors (Lipinski definition) is 5. The van der Waals surface area contributed by atoms with Crippen molar-refractivity contribution in [3.8, 4) is 0 Å². The average molecular weight is 422 g/mol. The molecule has 1 amide bonds. The zero-order chi connectivity index (χ0) is 22.4. The summed E-state index contributed by atoms with van der Waals surface area (Å²) < 4.78 is 6.50. The van der Waals surface area contributed by atoms with Gasteiger partial charge in [-0.2, -0.15) is 0 Å². The van der Waals surface area contributed by atoms with Crippen LogP contribution < -0.4 is 11.0 Å². The predicted molar refractivity (Wildman–Crippen MR) is 120 cm³/mol. The minimum absolute atomic E-state index is 0.175. The molecular weight excluding hydrogens is 394 g/mol. The lowest BCUT2D eigenvalue weighted by atomic mass is 10.1. The first-order valence-corrected chi connectivity index (χ1v) is 10.2. The molecular formula is C23H27N5O3. The number of amides is 1. The Labute approximate surface area is 180 Å². The molecule has 3 rings (SSSR count). The lowest BCUT2D eigenvalue weighted by Crippen LogP contribution is -2.39. The molecule has 0 saturated carbocycles. The number of ether oxygens (including phenoxy) is 1. The van der Waals surface area contributed by atoms with E-state index in [9.17, 15) is 9.59 Å². The van der Waals surface area contributed by atoms with Crippen LogP contribution in [0.5, 0.6) is 0 Å². The molecule has 0 atom stereocenters. The molecule has 0 radical (unpaired) electrons. The summed E-state index contributed by atoms with van der Waals surface area (Å²) in [4.78, 5) is 29.9. The van der Waals surface area contributed by atoms with E-state index in [1.54, 1.807) is 30.2 Å². The SMILES string of the molecule is CCCC(=N)n1c(=N)c(=O)[nH]c2cc(C(=O)N(CCOC)Cc3ccccc3)ccc21. The molecule has 31 heavy (non-hydrogen) atoms. The van der Waals surface area contributed by atoms with Gasteiger partial charge in [0.1, 0.15) is 5.84 Å². The van der Waals surface area contributed by atoms with Gasteiger partial charge in [-0.05, 0) is 30.2 Å². The maximum absolute atomic E-state index is 13.3. The van der Waals surface area contributed by atoms with Crippen molar-refractivity contribution in [2.24, 2.45) is 0 Å². The second kappa shape index (κ2) is 9.99. The van der Waals surface area contributed by atoms with Gasteiger partial charge in [0.15, 0.2) is 5.49 Å². The van der Waals surface area contributed by atoms with Gasteiger partial charge < -0.3 is 14.6 Å². The molecule has 0 unspecified atom stereocenters. The molecule has 3 N–H and O–H groups in total. The van der Waals surface area contributed by atoms with Crippen molar-refractivity contribution in [3.05, 3.63) is 75.5 Å². The molecule has 162 valence electrons. The van der Waals surface area contributed by atoms with Gasteiger partial charge in [0.2, 0.25) is 0 Å². The number of H-pyrrole nitrogens is 1. The van der Waals surface area contributed by atoms with Gasteiger partial charge >= 0.3 is 0 Å². The third-order valence-electron chi connectivity index (χ3n) is 5.00. The number of nitrogens with zero attached hydrogens (tertiary/aromatic N) is 2. The van der Waals surface area contributed by atoms with Crippen LogP contribution in [0.15, 0.2) is 53.3 Å². The number of carbonyl (C=O) groups excluding carboxylic acids is 1. The van der Waals surface area contributed by atoms with E-state index in [2.05, 4.69) is 4.98 Å². The number of nitrogens with one attached hydrogen (secondary N) is 3. The monoisotopic (exact) mass is 421 g/mol. The van der Waals surface area contributed by atoms with Gasteiger partial charge in [-0.25, -0.2) is 0 Å². The molecule has 0 aliphatic heterocycles. The van der Waals surface area contributed by atoms with Crippen molar-refractivity contribution < 1.29 is 9.53 Å². The van der Waals surface area contributed by atoms with Gasteiger partial charge in [-0.1, -0.05) is 37.3 Å². The minimum Gasteiger partial charge on any atom is -0.383 e. The van der Waals surface area contributed by atoms with Crippen LogP contribution in [-0.4, -0.2) is 46.5 Å². The van der Waals surface area contributed by atoms with Crippen molar-refractivity contribution in [2.45, 2.75) is 26.3 Å². The molecule has 0 saturated heterocycles. The Morgan fingerprint density at radius 1 is 1.19 bits per heavy atom. The van der Waals surface area contributed by atoms with Crippen molar-refractivity contribution in [1.82, 2.24) is 14.5 Å². The molecule has 0 aliphatic carbocycles. The average Bonchev–Trinajstić information content (AvgIpc) is 2.77. The summed E-state index contributed by atoms with van der Waals surface area (Å²) in [5.74, 6) is -0.0118. The summed E-state index contributed by atoms with van der Waals surface area (Å²) in [6.07, 6.45) is 1.17. The normalized spacial score (nSPS) is 10.9. The maximum Gasteiger partial charge on any atom is 0.291 e. The van der Waals surface area contributed by atoms with E-state index >= 15 is 0 Å². The molecule has 0 fully saturated rings. The van der Waals surface area contributed by atoms with Crippen LogP contribution >= 0.6 is 0 Å². The van der Waals surface area contributed by atoms with Crippen LogP contribution in [0.25, 0.3) is 11.0 Å². The molecule has 2 aromatic carbocycles. The van der Waals surface area contributed by atoms with Gasteiger partial charge in [0, 0.05) is 32.2 Å². The number of hydrogen-bond donors (Lipinski definition) is 3. The van der Waals surface area contributed by atoms with Crippen molar-refractivity contribution in [1.29, 1.82) is 10.8 Å². The molecule has 0 bridgehead atoms. The van der Waals surface area contributed by atoms with E-state index in [1.165, 1.54) is 4.57 Å². The van der Waals surface area contributed by atoms with E-state index in [0.717, 1.165) is 12.0 Å². The summed E-state index contributed by atoms with van der Waals surface area (Å²) in [5.41, 5.74) is 1.46. The van der Waals surface area contributed by atoms with E-state index in [-0.39, 0.29) is 17.2 Å². The largest absolute Gasteiger partial charge is 0.383 e. The second-order valence-electron chi connectivity index (χ2n) is 7.27. The van der Waals surface area contributed by atoms with Crippen molar-refractivity contribution >= 4 is 22.8 Å². The van der Waals surface area contributed by atoms with E-state index in [0.29, 0.717) is 42.7 Å². The Hall–Kier alpha value is -3.52. The highest BCUT2D eigenvalue weighted by atomic mass is 16.5. The van der Waals surface area contributed by atoms with Gasteiger partial charge in [-0.15, -0.1) is 0 Å². The fraction of sp³-hybridized carbons (Fsp3) is 0.304. The van der Waals surface area contributed by atoms with Gasteiger partial charge in [0.25, 0.3) is 11.5 Å². The summed E-state index contributed by atoms with van der Waals surface area (Å²) in [6.45, 7) is 3.20. The maximum atomic E-state index is 13.3. The van der Waals surface area contributed by atoms with Crippen molar-refractivity contribution in [2.75, 3.05) is 20.3 Å². The Morgan fingerprint density at radius 2 is 1.94 bits per heavy atom. The summed E-state index contributed by atoms with van der Waals surface area (Å²) >= 11 is 0. The topological polar surface area (TPSA) is 115 Å². The lowest BCUT2D eigenvalue weighted by Gasteiger charge is -2.23. The number of benzene rings is 2. The summed E-state index contributed by atoms with van der Waals surface area (Å²) in [6, 6.07) is 14.7. The van der Waals surface area contributed by atoms with E-state index in [4.69, 9.17) is 15.6 Å². The van der Waals surface area contributed by atoms with E-state index in [1.807, 2.05) is 37.3 Å². The summed E-state index contributed by atoms with van der Waals surface area (Å²) in [7, 11) is 1.59. The standard InChI is InChI=1S/C23H27N5O3/c1-3-7-20(24)28-19-11-10-17(14-18(19)26-22(29)21(28)25)23(30)27(12-13-31-2)15-16-8-5-4-6-9-16/h4-6,8-11,14,24-25H,3,7,12-13,15H2,1-2H3,(H,26,29). The quantitative estimate of drug-likeness (QED) is 0.384. The zero-order valence-electron chi connectivity index (χ0n) is 17.8. The minimum atomic E-state index is -0.599. The van der Waals surface area contributed by atoms with E-state index < -0.39 is 5.56 Å². The highest BCUT2D eigenvalue weighted by molar-refractivity contribution is 5.99. The van der Waals surface area contributed by atoms with Crippen LogP contribution in [0.1, 0.15) is 35.7 Å². The number of methoxy groups -OCH3 is 1. The van der Waals surface area contributed by atoms with Gasteiger partial charge in [-0.3, -0.25) is 25.0 Å². The zero-order valence-corrected chi connectivity index (χ0v) is 17.8. The first-order valence-electron chi connectivity index (χ1n) is 10.2. The fourth-order valence-corrected chi connectivity index (χ4v) is 3.44. The van der Waals surface area contributed by atoms with Crippen LogP contribution in [0.3, 0.4) is 0 Å². The number of carbonyl (C=O) groups is 1. The molecule has 8 nitrogen and oxygen atoms in total. The van der Waals surface area contributed by atoms with Crippen LogP contribution in [0, 0.1) is 10.8 Å². The highest BCUT2D eigenvalue weighted by Crippen LogP contribution is 2.16. The van der Waals surface area contributed by atoms with Crippen molar-refractivity contribution in [3.63, 3.8) is 0 Å². The molecule has 1 aromatic heterocycles. The first kappa shape index (κ1) is 22.2. The molecule has 3 aromatic rings. The Kier molecular flexibility index (Phi) is 7.15. The predicted octanol–water partition coefficient (Wildman–Crippen LogP) is 2.72. The smallest absolute Gasteiger partial charge is 0.291 e. The van der Waals surface area contributed by atoms with Crippen LogP contribution in [-0.2, 0) is 11.3 Å². The number of aromatic nitrogens is 2. The van der Waals surface area contributed by atoms with Crippen LogP contribution in [0.2, 0.25) is 0 Å². The molecule has 0 spiro atoms. The Balaban J connectivity index is 2.01.